The Morgan fingerprint density at radius 2 is 2.10 bits per heavy atom. The molecule has 0 radical (unpaired) electrons. The summed E-state index contributed by atoms with van der Waals surface area (Å²) in [5.74, 6) is 1.04. The molecule has 2 rings (SSSR count). The topological polar surface area (TPSA) is 68.2 Å². The van der Waals surface area contributed by atoms with Gasteiger partial charge in [0.1, 0.15) is 0 Å². The highest BCUT2D eigenvalue weighted by atomic mass is 127. The predicted octanol–water partition coefficient (Wildman–Crippen LogP) is 3.45. The summed E-state index contributed by atoms with van der Waals surface area (Å²) in [5.41, 5.74) is 7.05. The SMILES string of the molecule is CCN(CC)CC(N)c1noc(-c2cc(I)ccc2Br)n1. The van der Waals surface area contributed by atoms with Gasteiger partial charge in [0.15, 0.2) is 5.82 Å². The Morgan fingerprint density at radius 3 is 2.76 bits per heavy atom. The molecule has 114 valence electrons. The molecule has 1 aromatic carbocycles. The van der Waals surface area contributed by atoms with Crippen LogP contribution in [0.3, 0.4) is 0 Å². The van der Waals surface area contributed by atoms with Gasteiger partial charge in [-0.3, -0.25) is 0 Å². The predicted molar refractivity (Wildman–Crippen MR) is 94.9 cm³/mol. The lowest BCUT2D eigenvalue weighted by Crippen LogP contribution is -2.32. The van der Waals surface area contributed by atoms with Gasteiger partial charge in [-0.25, -0.2) is 0 Å². The van der Waals surface area contributed by atoms with Crippen molar-refractivity contribution in [2.24, 2.45) is 5.73 Å². The molecule has 0 bridgehead atoms. The molecule has 0 aliphatic heterocycles. The second kappa shape index (κ2) is 7.66. The first-order chi connectivity index (χ1) is 10.0. The lowest BCUT2D eigenvalue weighted by Gasteiger charge is -2.20. The third kappa shape index (κ3) is 4.24. The van der Waals surface area contributed by atoms with Crippen molar-refractivity contribution in [3.8, 4) is 11.5 Å². The van der Waals surface area contributed by atoms with E-state index in [9.17, 15) is 0 Å². The molecule has 0 aliphatic rings. The molecule has 0 saturated heterocycles. The lowest BCUT2D eigenvalue weighted by molar-refractivity contribution is 0.278. The van der Waals surface area contributed by atoms with Crippen molar-refractivity contribution in [2.45, 2.75) is 19.9 Å². The van der Waals surface area contributed by atoms with Crippen LogP contribution in [0, 0.1) is 3.57 Å². The van der Waals surface area contributed by atoms with Crippen molar-refractivity contribution in [1.29, 1.82) is 0 Å². The number of likely N-dealkylation sites (N-methyl/N-ethyl adjacent to an activating group) is 1. The zero-order valence-corrected chi connectivity index (χ0v) is 15.8. The third-order valence-electron chi connectivity index (χ3n) is 3.28. The van der Waals surface area contributed by atoms with Gasteiger partial charge in [0.05, 0.1) is 11.6 Å². The zero-order chi connectivity index (χ0) is 15.4. The van der Waals surface area contributed by atoms with Crippen molar-refractivity contribution in [1.82, 2.24) is 15.0 Å². The van der Waals surface area contributed by atoms with Crippen LogP contribution in [-0.4, -0.2) is 34.7 Å². The Kier molecular flexibility index (Phi) is 6.15. The fourth-order valence-corrected chi connectivity index (χ4v) is 2.91. The number of nitrogens with zero attached hydrogens (tertiary/aromatic N) is 3. The number of halogens is 2. The van der Waals surface area contributed by atoms with E-state index in [4.69, 9.17) is 10.3 Å². The molecule has 1 aromatic heterocycles. The summed E-state index contributed by atoms with van der Waals surface area (Å²) < 4.78 is 7.40. The van der Waals surface area contributed by atoms with E-state index in [1.807, 2.05) is 18.2 Å². The van der Waals surface area contributed by atoms with Gasteiger partial charge in [-0.1, -0.05) is 19.0 Å². The fourth-order valence-electron chi connectivity index (χ4n) is 2.00. The summed E-state index contributed by atoms with van der Waals surface area (Å²) >= 11 is 5.76. The first-order valence-corrected chi connectivity index (χ1v) is 8.69. The summed E-state index contributed by atoms with van der Waals surface area (Å²) in [6.45, 7) is 6.86. The van der Waals surface area contributed by atoms with E-state index in [1.165, 1.54) is 0 Å². The maximum absolute atomic E-state index is 6.17. The number of hydrogen-bond donors (Lipinski definition) is 1. The van der Waals surface area contributed by atoms with Crippen molar-refractivity contribution < 1.29 is 4.52 Å². The minimum Gasteiger partial charge on any atom is -0.334 e. The Bertz CT molecular complexity index is 600. The van der Waals surface area contributed by atoms with Crippen LogP contribution in [0.2, 0.25) is 0 Å². The minimum atomic E-state index is -0.246. The van der Waals surface area contributed by atoms with Crippen LogP contribution < -0.4 is 5.73 Å². The first kappa shape index (κ1) is 16.9. The molecular formula is C14H18BrIN4O. The maximum atomic E-state index is 6.17. The van der Waals surface area contributed by atoms with Crippen molar-refractivity contribution in [2.75, 3.05) is 19.6 Å². The van der Waals surface area contributed by atoms with Gasteiger partial charge >= 0.3 is 0 Å². The Labute approximate surface area is 146 Å². The molecule has 2 N–H and O–H groups in total. The van der Waals surface area contributed by atoms with Gasteiger partial charge in [-0.2, -0.15) is 4.98 Å². The molecule has 0 spiro atoms. The lowest BCUT2D eigenvalue weighted by atomic mass is 10.2. The number of benzene rings is 1. The number of rotatable bonds is 6. The highest BCUT2D eigenvalue weighted by Gasteiger charge is 2.18. The molecule has 0 aliphatic carbocycles. The highest BCUT2D eigenvalue weighted by molar-refractivity contribution is 14.1. The van der Waals surface area contributed by atoms with E-state index >= 15 is 0 Å². The normalized spacial score (nSPS) is 12.9. The van der Waals surface area contributed by atoms with Crippen LogP contribution >= 0.6 is 38.5 Å². The summed E-state index contributed by atoms with van der Waals surface area (Å²) in [7, 11) is 0. The van der Waals surface area contributed by atoms with Crippen molar-refractivity contribution in [3.05, 3.63) is 32.1 Å². The molecule has 5 nitrogen and oxygen atoms in total. The van der Waals surface area contributed by atoms with Crippen LogP contribution in [0.25, 0.3) is 11.5 Å². The second-order valence-corrected chi connectivity index (χ2v) is 6.77. The molecule has 7 heteroatoms. The van der Waals surface area contributed by atoms with Gasteiger partial charge in [0, 0.05) is 14.6 Å². The number of aromatic nitrogens is 2. The van der Waals surface area contributed by atoms with Crippen LogP contribution in [0.4, 0.5) is 0 Å². The summed E-state index contributed by atoms with van der Waals surface area (Å²) in [6, 6.07) is 5.73. The van der Waals surface area contributed by atoms with Crippen LogP contribution in [0.15, 0.2) is 27.2 Å². The van der Waals surface area contributed by atoms with E-state index in [0.29, 0.717) is 11.7 Å². The zero-order valence-electron chi connectivity index (χ0n) is 12.0. The highest BCUT2D eigenvalue weighted by Crippen LogP contribution is 2.29. The van der Waals surface area contributed by atoms with Gasteiger partial charge in [0.2, 0.25) is 0 Å². The fraction of sp³-hybridized carbons (Fsp3) is 0.429. The van der Waals surface area contributed by atoms with E-state index in [2.05, 4.69) is 67.4 Å². The average molecular weight is 465 g/mol. The molecule has 1 atom stereocenters. The molecule has 1 unspecified atom stereocenters. The van der Waals surface area contributed by atoms with Crippen LogP contribution in [0.1, 0.15) is 25.7 Å². The monoisotopic (exact) mass is 464 g/mol. The van der Waals surface area contributed by atoms with Crippen molar-refractivity contribution >= 4 is 38.5 Å². The smallest absolute Gasteiger partial charge is 0.259 e. The quantitative estimate of drug-likeness (QED) is 0.663. The average Bonchev–Trinajstić information content (AvgIpc) is 2.96. The molecule has 2 aromatic rings. The number of nitrogens with two attached hydrogens (primary N) is 1. The Balaban J connectivity index is 2.19. The van der Waals surface area contributed by atoms with E-state index in [-0.39, 0.29) is 6.04 Å². The minimum absolute atomic E-state index is 0.246. The molecule has 1 heterocycles. The van der Waals surface area contributed by atoms with Crippen LogP contribution in [0.5, 0.6) is 0 Å². The van der Waals surface area contributed by atoms with Crippen molar-refractivity contribution in [3.63, 3.8) is 0 Å². The summed E-state index contributed by atoms with van der Waals surface area (Å²) in [5, 5.41) is 4.02. The first-order valence-electron chi connectivity index (χ1n) is 6.82. The maximum Gasteiger partial charge on any atom is 0.259 e. The molecule has 0 amide bonds. The Hall–Kier alpha value is -0.510. The molecular weight excluding hydrogens is 447 g/mol. The number of hydrogen-bond acceptors (Lipinski definition) is 5. The Morgan fingerprint density at radius 1 is 1.38 bits per heavy atom. The van der Waals surface area contributed by atoms with Gasteiger partial charge in [0.25, 0.3) is 5.89 Å². The van der Waals surface area contributed by atoms with Crippen LogP contribution in [-0.2, 0) is 0 Å². The molecule has 0 fully saturated rings. The third-order valence-corrected chi connectivity index (χ3v) is 4.64. The van der Waals surface area contributed by atoms with E-state index < -0.39 is 0 Å². The van der Waals surface area contributed by atoms with E-state index in [0.717, 1.165) is 33.2 Å². The second-order valence-electron chi connectivity index (χ2n) is 4.67. The van der Waals surface area contributed by atoms with Gasteiger partial charge in [-0.15, -0.1) is 0 Å². The van der Waals surface area contributed by atoms with Gasteiger partial charge < -0.3 is 15.2 Å². The molecule has 0 saturated carbocycles. The molecule has 21 heavy (non-hydrogen) atoms. The van der Waals surface area contributed by atoms with Gasteiger partial charge in [-0.05, 0) is 69.8 Å². The van der Waals surface area contributed by atoms with E-state index in [1.54, 1.807) is 0 Å². The largest absolute Gasteiger partial charge is 0.334 e. The standard InChI is InChI=1S/C14H18BrIN4O/c1-3-20(4-2)8-12(17)13-18-14(21-19-13)10-7-9(16)5-6-11(10)15/h5-7,12H,3-4,8,17H2,1-2H3. The summed E-state index contributed by atoms with van der Waals surface area (Å²) in [6.07, 6.45) is 0. The summed E-state index contributed by atoms with van der Waals surface area (Å²) in [4.78, 5) is 6.68.